The molecule has 0 aromatic carbocycles. The van der Waals surface area contributed by atoms with Gasteiger partial charge < -0.3 is 14.6 Å². The van der Waals surface area contributed by atoms with Crippen molar-refractivity contribution in [2.45, 2.75) is 33.0 Å². The number of rotatable bonds is 5. The molecule has 0 amide bonds. The molecule has 1 N–H and O–H groups in total. The number of aromatic nitrogens is 4. The van der Waals surface area contributed by atoms with Crippen molar-refractivity contribution in [3.05, 3.63) is 34.7 Å². The van der Waals surface area contributed by atoms with E-state index in [0.29, 0.717) is 0 Å². The van der Waals surface area contributed by atoms with Gasteiger partial charge in [-0.2, -0.15) is 5.10 Å². The number of imidazole rings is 1. The van der Waals surface area contributed by atoms with Crippen LogP contribution in [0.25, 0.3) is 0 Å². The zero-order chi connectivity index (χ0) is 17.3. The summed E-state index contributed by atoms with van der Waals surface area (Å²) in [6.45, 7) is 8.51. The SMILES string of the molecule is Cc1nn(C)c(C)c1CN1CCO[C@H](c2ncc(CN(C)C)[nH]2)C1. The lowest BCUT2D eigenvalue weighted by Gasteiger charge is -2.32. The Hall–Kier alpha value is -1.70. The van der Waals surface area contributed by atoms with Crippen LogP contribution in [0.3, 0.4) is 0 Å². The van der Waals surface area contributed by atoms with Crippen molar-refractivity contribution in [2.24, 2.45) is 7.05 Å². The molecule has 1 atom stereocenters. The fourth-order valence-corrected chi connectivity index (χ4v) is 3.24. The second kappa shape index (κ2) is 7.04. The summed E-state index contributed by atoms with van der Waals surface area (Å²) >= 11 is 0. The molecule has 0 bridgehead atoms. The van der Waals surface area contributed by atoms with Crippen LogP contribution < -0.4 is 0 Å². The van der Waals surface area contributed by atoms with Gasteiger partial charge in [-0.3, -0.25) is 9.58 Å². The number of morpholine rings is 1. The Bertz CT molecular complexity index is 689. The topological polar surface area (TPSA) is 62.2 Å². The van der Waals surface area contributed by atoms with Crippen LogP contribution in [0, 0.1) is 13.8 Å². The number of hydrogen-bond donors (Lipinski definition) is 1. The maximum absolute atomic E-state index is 5.95. The molecule has 0 radical (unpaired) electrons. The highest BCUT2D eigenvalue weighted by atomic mass is 16.5. The number of nitrogens with zero attached hydrogens (tertiary/aromatic N) is 5. The van der Waals surface area contributed by atoms with Crippen LogP contribution >= 0.6 is 0 Å². The molecule has 1 fully saturated rings. The summed E-state index contributed by atoms with van der Waals surface area (Å²) in [6, 6.07) is 0. The molecule has 0 saturated carbocycles. The zero-order valence-corrected chi connectivity index (χ0v) is 15.3. The highest BCUT2D eigenvalue weighted by Gasteiger charge is 2.25. The lowest BCUT2D eigenvalue weighted by molar-refractivity contribution is -0.0370. The molecule has 132 valence electrons. The smallest absolute Gasteiger partial charge is 0.136 e. The number of hydrogen-bond acceptors (Lipinski definition) is 5. The molecule has 7 nitrogen and oxygen atoms in total. The normalized spacial score (nSPS) is 19.3. The largest absolute Gasteiger partial charge is 0.368 e. The van der Waals surface area contributed by atoms with Crippen LogP contribution in [0.5, 0.6) is 0 Å². The van der Waals surface area contributed by atoms with Crippen LogP contribution in [0.15, 0.2) is 6.20 Å². The number of aryl methyl sites for hydroxylation is 2. The van der Waals surface area contributed by atoms with Crippen molar-refractivity contribution in [3.8, 4) is 0 Å². The van der Waals surface area contributed by atoms with Gasteiger partial charge in [-0.05, 0) is 27.9 Å². The molecule has 1 aliphatic heterocycles. The Morgan fingerprint density at radius 1 is 1.38 bits per heavy atom. The average molecular weight is 332 g/mol. The summed E-state index contributed by atoms with van der Waals surface area (Å²) in [7, 11) is 6.11. The minimum atomic E-state index is 0.00643. The first-order valence-corrected chi connectivity index (χ1v) is 8.45. The fourth-order valence-electron chi connectivity index (χ4n) is 3.24. The van der Waals surface area contributed by atoms with E-state index < -0.39 is 0 Å². The van der Waals surface area contributed by atoms with Gasteiger partial charge in [0, 0.05) is 56.4 Å². The molecule has 2 aromatic heterocycles. The summed E-state index contributed by atoms with van der Waals surface area (Å²) in [5.74, 6) is 0.927. The summed E-state index contributed by atoms with van der Waals surface area (Å²) < 4.78 is 7.91. The Labute approximate surface area is 143 Å². The molecule has 7 heteroatoms. The van der Waals surface area contributed by atoms with Crippen molar-refractivity contribution in [1.29, 1.82) is 0 Å². The van der Waals surface area contributed by atoms with Crippen LogP contribution in [-0.4, -0.2) is 63.3 Å². The van der Waals surface area contributed by atoms with E-state index in [-0.39, 0.29) is 6.10 Å². The van der Waals surface area contributed by atoms with Gasteiger partial charge >= 0.3 is 0 Å². The summed E-state index contributed by atoms with van der Waals surface area (Å²) in [6.07, 6.45) is 1.92. The van der Waals surface area contributed by atoms with Crippen LogP contribution in [0.4, 0.5) is 0 Å². The van der Waals surface area contributed by atoms with E-state index in [1.807, 2.05) is 17.9 Å². The van der Waals surface area contributed by atoms with Crippen LogP contribution in [0.2, 0.25) is 0 Å². The number of nitrogens with one attached hydrogen (secondary N) is 1. The van der Waals surface area contributed by atoms with Gasteiger partial charge in [0.05, 0.1) is 12.3 Å². The van der Waals surface area contributed by atoms with Crippen molar-refractivity contribution in [2.75, 3.05) is 33.8 Å². The van der Waals surface area contributed by atoms with Gasteiger partial charge in [0.2, 0.25) is 0 Å². The fraction of sp³-hybridized carbons (Fsp3) is 0.647. The minimum absolute atomic E-state index is 0.00643. The van der Waals surface area contributed by atoms with E-state index in [0.717, 1.165) is 50.0 Å². The predicted molar refractivity (Wildman–Crippen MR) is 92.6 cm³/mol. The monoisotopic (exact) mass is 332 g/mol. The predicted octanol–water partition coefficient (Wildman–Crippen LogP) is 1.40. The average Bonchev–Trinajstić information content (AvgIpc) is 3.08. The molecule has 24 heavy (non-hydrogen) atoms. The van der Waals surface area contributed by atoms with Crippen LogP contribution in [0.1, 0.15) is 34.6 Å². The van der Waals surface area contributed by atoms with Crippen molar-refractivity contribution < 1.29 is 4.74 Å². The first kappa shape index (κ1) is 17.1. The highest BCUT2D eigenvalue weighted by molar-refractivity contribution is 5.24. The van der Waals surface area contributed by atoms with Gasteiger partial charge in [-0.15, -0.1) is 0 Å². The summed E-state index contributed by atoms with van der Waals surface area (Å²) in [5, 5.41) is 4.52. The van der Waals surface area contributed by atoms with Crippen molar-refractivity contribution in [1.82, 2.24) is 29.5 Å². The van der Waals surface area contributed by atoms with Gasteiger partial charge in [0.25, 0.3) is 0 Å². The lowest BCUT2D eigenvalue weighted by atomic mass is 10.1. The number of H-pyrrole nitrogens is 1. The molecule has 1 saturated heterocycles. The van der Waals surface area contributed by atoms with E-state index in [9.17, 15) is 0 Å². The molecular weight excluding hydrogens is 304 g/mol. The Kier molecular flexibility index (Phi) is 5.03. The molecule has 2 aromatic rings. The number of ether oxygens (including phenoxy) is 1. The van der Waals surface area contributed by atoms with E-state index in [4.69, 9.17) is 4.74 Å². The van der Waals surface area contributed by atoms with E-state index in [1.165, 1.54) is 11.3 Å². The van der Waals surface area contributed by atoms with Crippen LogP contribution in [-0.2, 0) is 24.9 Å². The molecular formula is C17H28N6O. The third-order valence-electron chi connectivity index (χ3n) is 4.63. The molecule has 3 rings (SSSR count). The Morgan fingerprint density at radius 2 is 2.17 bits per heavy atom. The first-order valence-electron chi connectivity index (χ1n) is 8.45. The molecule has 0 unspecified atom stereocenters. The summed E-state index contributed by atoms with van der Waals surface area (Å²) in [5.41, 5.74) is 4.80. The maximum atomic E-state index is 5.95. The summed E-state index contributed by atoms with van der Waals surface area (Å²) in [4.78, 5) is 12.5. The second-order valence-corrected chi connectivity index (χ2v) is 6.90. The Morgan fingerprint density at radius 3 is 2.83 bits per heavy atom. The van der Waals surface area contributed by atoms with Gasteiger partial charge in [-0.1, -0.05) is 0 Å². The molecule has 0 aliphatic carbocycles. The van der Waals surface area contributed by atoms with Crippen molar-refractivity contribution in [3.63, 3.8) is 0 Å². The number of aromatic amines is 1. The lowest BCUT2D eigenvalue weighted by Crippen LogP contribution is -2.38. The highest BCUT2D eigenvalue weighted by Crippen LogP contribution is 2.23. The van der Waals surface area contributed by atoms with Gasteiger partial charge in [0.15, 0.2) is 0 Å². The third kappa shape index (κ3) is 3.68. The third-order valence-corrected chi connectivity index (χ3v) is 4.63. The first-order chi connectivity index (χ1) is 11.4. The van der Waals surface area contributed by atoms with Gasteiger partial charge in [-0.25, -0.2) is 4.98 Å². The van der Waals surface area contributed by atoms with Crippen molar-refractivity contribution >= 4 is 0 Å². The van der Waals surface area contributed by atoms with E-state index in [1.54, 1.807) is 0 Å². The Balaban J connectivity index is 1.67. The van der Waals surface area contributed by atoms with Gasteiger partial charge in [0.1, 0.15) is 11.9 Å². The second-order valence-electron chi connectivity index (χ2n) is 6.90. The maximum Gasteiger partial charge on any atom is 0.136 e. The van der Waals surface area contributed by atoms with E-state index in [2.05, 4.69) is 52.8 Å². The zero-order valence-electron chi connectivity index (χ0n) is 15.3. The molecule has 1 aliphatic rings. The quantitative estimate of drug-likeness (QED) is 0.897. The standard InChI is InChI=1S/C17H28N6O/c1-12-15(13(2)22(5)20-12)10-23-6-7-24-16(11-23)17-18-8-14(19-17)9-21(3)4/h8,16H,6-7,9-11H2,1-5H3,(H,18,19)/t16-/m0/s1. The molecule has 0 spiro atoms. The minimum Gasteiger partial charge on any atom is -0.368 e. The molecule has 3 heterocycles. The van der Waals surface area contributed by atoms with E-state index >= 15 is 0 Å².